The van der Waals surface area contributed by atoms with Crippen LogP contribution in [0.15, 0.2) is 12.4 Å². The molecule has 1 heterocycles. The number of hydrogen-bond acceptors (Lipinski definition) is 3. The maximum Gasteiger partial charge on any atom is 0.157 e. The minimum Gasteiger partial charge on any atom is -0.486 e. The van der Waals surface area contributed by atoms with Crippen LogP contribution in [0, 0.1) is 5.41 Å². The SMILES string of the molecule is CNC1CC(Oc2cnn(C)c2)C12CCCC2. The van der Waals surface area contributed by atoms with Gasteiger partial charge in [-0.15, -0.1) is 0 Å². The largest absolute Gasteiger partial charge is 0.486 e. The molecule has 2 atom stereocenters. The molecule has 17 heavy (non-hydrogen) atoms. The second-order valence-corrected chi connectivity index (χ2v) is 5.47. The zero-order valence-corrected chi connectivity index (χ0v) is 10.6. The first-order valence-electron chi connectivity index (χ1n) is 6.57. The van der Waals surface area contributed by atoms with E-state index in [1.165, 1.54) is 25.7 Å². The summed E-state index contributed by atoms with van der Waals surface area (Å²) in [6.45, 7) is 0. The highest BCUT2D eigenvalue weighted by molar-refractivity contribution is 5.17. The Kier molecular flexibility index (Phi) is 2.62. The first-order valence-corrected chi connectivity index (χ1v) is 6.57. The molecule has 2 fully saturated rings. The summed E-state index contributed by atoms with van der Waals surface area (Å²) < 4.78 is 7.91. The molecule has 0 saturated heterocycles. The lowest BCUT2D eigenvalue weighted by molar-refractivity contribution is -0.0736. The number of ether oxygens (including phenoxy) is 1. The molecule has 2 aliphatic carbocycles. The van der Waals surface area contributed by atoms with E-state index in [9.17, 15) is 0 Å². The van der Waals surface area contributed by atoms with E-state index in [0.29, 0.717) is 17.6 Å². The van der Waals surface area contributed by atoms with Crippen LogP contribution in [0.3, 0.4) is 0 Å². The summed E-state index contributed by atoms with van der Waals surface area (Å²) in [6.07, 6.45) is 10.6. The van der Waals surface area contributed by atoms with Gasteiger partial charge < -0.3 is 10.1 Å². The fourth-order valence-electron chi connectivity index (χ4n) is 3.65. The number of hydrogen-bond donors (Lipinski definition) is 1. The van der Waals surface area contributed by atoms with E-state index in [2.05, 4.69) is 17.5 Å². The minimum atomic E-state index is 0.381. The third-order valence-electron chi connectivity index (χ3n) is 4.63. The molecule has 2 aliphatic rings. The molecule has 1 aromatic rings. The standard InChI is InChI=1S/C13H21N3O/c1-14-11-7-12(13(11)5-3-4-6-13)17-10-8-15-16(2)9-10/h8-9,11-12,14H,3-7H2,1-2H3. The van der Waals surface area contributed by atoms with Crippen LogP contribution in [0.25, 0.3) is 0 Å². The fourth-order valence-corrected chi connectivity index (χ4v) is 3.65. The van der Waals surface area contributed by atoms with E-state index in [4.69, 9.17) is 4.74 Å². The van der Waals surface area contributed by atoms with Crippen LogP contribution in [0.5, 0.6) is 5.75 Å². The van der Waals surface area contributed by atoms with Crippen LogP contribution in [0.1, 0.15) is 32.1 Å². The van der Waals surface area contributed by atoms with Crippen molar-refractivity contribution in [1.29, 1.82) is 0 Å². The molecule has 4 nitrogen and oxygen atoms in total. The molecule has 0 aromatic carbocycles. The molecule has 2 saturated carbocycles. The maximum absolute atomic E-state index is 6.12. The zero-order valence-electron chi connectivity index (χ0n) is 10.6. The molecule has 3 rings (SSSR count). The van der Waals surface area contributed by atoms with Crippen molar-refractivity contribution in [2.24, 2.45) is 12.5 Å². The quantitative estimate of drug-likeness (QED) is 0.867. The van der Waals surface area contributed by atoms with Crippen molar-refractivity contribution in [3.05, 3.63) is 12.4 Å². The molecule has 0 bridgehead atoms. The highest BCUT2D eigenvalue weighted by Gasteiger charge is 2.57. The second kappa shape index (κ2) is 4.02. The van der Waals surface area contributed by atoms with E-state index in [0.717, 1.165) is 12.2 Å². The summed E-state index contributed by atoms with van der Waals surface area (Å²) in [4.78, 5) is 0. The van der Waals surface area contributed by atoms with Crippen LogP contribution in [-0.4, -0.2) is 29.0 Å². The normalized spacial score (nSPS) is 30.5. The van der Waals surface area contributed by atoms with Crippen LogP contribution >= 0.6 is 0 Å². The van der Waals surface area contributed by atoms with Crippen LogP contribution in [0.2, 0.25) is 0 Å². The van der Waals surface area contributed by atoms with Gasteiger partial charge in [-0.1, -0.05) is 12.8 Å². The van der Waals surface area contributed by atoms with Gasteiger partial charge in [0.15, 0.2) is 5.75 Å². The topological polar surface area (TPSA) is 39.1 Å². The first-order chi connectivity index (χ1) is 8.24. The lowest BCUT2D eigenvalue weighted by atomic mass is 9.60. The minimum absolute atomic E-state index is 0.381. The number of aromatic nitrogens is 2. The Balaban J connectivity index is 1.72. The number of aryl methyl sites for hydroxylation is 1. The van der Waals surface area contributed by atoms with Gasteiger partial charge in [0.25, 0.3) is 0 Å². The third-order valence-corrected chi connectivity index (χ3v) is 4.63. The molecule has 2 unspecified atom stereocenters. The summed E-state index contributed by atoms with van der Waals surface area (Å²) >= 11 is 0. The lowest BCUT2D eigenvalue weighted by Crippen LogP contribution is -2.63. The van der Waals surface area contributed by atoms with Gasteiger partial charge in [-0.3, -0.25) is 4.68 Å². The van der Waals surface area contributed by atoms with E-state index in [1.54, 1.807) is 4.68 Å². The molecule has 0 aliphatic heterocycles. The summed E-state index contributed by atoms with van der Waals surface area (Å²) in [6, 6.07) is 0.645. The molecule has 0 radical (unpaired) electrons. The van der Waals surface area contributed by atoms with Gasteiger partial charge in [0.2, 0.25) is 0 Å². The lowest BCUT2D eigenvalue weighted by Gasteiger charge is -2.53. The molecule has 1 spiro atoms. The predicted octanol–water partition coefficient (Wildman–Crippen LogP) is 1.72. The Bertz CT molecular complexity index is 395. The van der Waals surface area contributed by atoms with Crippen LogP contribution < -0.4 is 10.1 Å². The Morgan fingerprint density at radius 1 is 1.47 bits per heavy atom. The van der Waals surface area contributed by atoms with Gasteiger partial charge in [-0.2, -0.15) is 5.10 Å². The number of nitrogens with zero attached hydrogens (tertiary/aromatic N) is 2. The van der Waals surface area contributed by atoms with Gasteiger partial charge in [-0.25, -0.2) is 0 Å². The molecule has 1 N–H and O–H groups in total. The van der Waals surface area contributed by atoms with Gasteiger partial charge in [0, 0.05) is 24.9 Å². The van der Waals surface area contributed by atoms with Crippen molar-refractivity contribution in [2.75, 3.05) is 7.05 Å². The molecular formula is C13H21N3O. The highest BCUT2D eigenvalue weighted by atomic mass is 16.5. The fraction of sp³-hybridized carbons (Fsp3) is 0.769. The van der Waals surface area contributed by atoms with E-state index >= 15 is 0 Å². The smallest absolute Gasteiger partial charge is 0.157 e. The molecule has 94 valence electrons. The van der Waals surface area contributed by atoms with Crippen molar-refractivity contribution in [2.45, 2.75) is 44.2 Å². The van der Waals surface area contributed by atoms with Crippen molar-refractivity contribution < 1.29 is 4.74 Å². The number of nitrogens with one attached hydrogen (secondary N) is 1. The Morgan fingerprint density at radius 2 is 2.24 bits per heavy atom. The van der Waals surface area contributed by atoms with Crippen molar-refractivity contribution in [1.82, 2.24) is 15.1 Å². The van der Waals surface area contributed by atoms with Crippen LogP contribution in [0.4, 0.5) is 0 Å². The molecular weight excluding hydrogens is 214 g/mol. The van der Waals surface area contributed by atoms with E-state index in [1.807, 2.05) is 19.4 Å². The van der Waals surface area contributed by atoms with Gasteiger partial charge in [-0.05, 0) is 19.9 Å². The Hall–Kier alpha value is -1.03. The zero-order chi connectivity index (χ0) is 11.9. The summed E-state index contributed by atoms with van der Waals surface area (Å²) in [5.74, 6) is 0.915. The van der Waals surface area contributed by atoms with Crippen molar-refractivity contribution in [3.63, 3.8) is 0 Å². The Labute approximate surface area is 102 Å². The maximum atomic E-state index is 6.12. The van der Waals surface area contributed by atoms with E-state index < -0.39 is 0 Å². The Morgan fingerprint density at radius 3 is 2.82 bits per heavy atom. The number of rotatable bonds is 3. The molecule has 1 aromatic heterocycles. The predicted molar refractivity (Wildman–Crippen MR) is 66.0 cm³/mol. The first kappa shape index (κ1) is 11.1. The summed E-state index contributed by atoms with van der Waals surface area (Å²) in [7, 11) is 4.00. The van der Waals surface area contributed by atoms with Gasteiger partial charge in [0.05, 0.1) is 12.4 Å². The molecule has 0 amide bonds. The third kappa shape index (κ3) is 1.66. The van der Waals surface area contributed by atoms with E-state index in [-0.39, 0.29) is 0 Å². The van der Waals surface area contributed by atoms with Crippen molar-refractivity contribution >= 4 is 0 Å². The average molecular weight is 235 g/mol. The van der Waals surface area contributed by atoms with Gasteiger partial charge in [0.1, 0.15) is 6.10 Å². The van der Waals surface area contributed by atoms with Crippen molar-refractivity contribution in [3.8, 4) is 5.75 Å². The summed E-state index contributed by atoms with van der Waals surface area (Å²) in [5.41, 5.74) is 0.393. The van der Waals surface area contributed by atoms with Gasteiger partial charge >= 0.3 is 0 Å². The second-order valence-electron chi connectivity index (χ2n) is 5.47. The summed E-state index contributed by atoms with van der Waals surface area (Å²) in [5, 5.41) is 7.61. The monoisotopic (exact) mass is 235 g/mol. The van der Waals surface area contributed by atoms with Crippen LogP contribution in [-0.2, 0) is 7.05 Å². The highest BCUT2D eigenvalue weighted by Crippen LogP contribution is 2.54. The molecule has 4 heteroatoms. The average Bonchev–Trinajstić information content (AvgIpc) is 2.93.